The second-order valence-electron chi connectivity index (χ2n) is 3.76. The van der Waals surface area contributed by atoms with E-state index in [2.05, 4.69) is 10.6 Å². The molecular weight excluding hydrogens is 241 g/mol. The molecule has 6 nitrogen and oxygen atoms in total. The summed E-state index contributed by atoms with van der Waals surface area (Å²) in [6.07, 6.45) is 0. The maximum Gasteiger partial charge on any atom is 0.325 e. The molecule has 94 valence electrons. The fraction of sp³-hybridized carbons (Fsp3) is 0.182. The molecule has 18 heavy (non-hydrogen) atoms. The molecule has 0 unspecified atom stereocenters. The van der Waals surface area contributed by atoms with Gasteiger partial charge in [0.2, 0.25) is 11.8 Å². The maximum atomic E-state index is 12.6. The van der Waals surface area contributed by atoms with E-state index in [1.54, 1.807) is 0 Å². The minimum absolute atomic E-state index is 0.129. The van der Waals surface area contributed by atoms with E-state index < -0.39 is 23.7 Å². The molecule has 1 saturated heterocycles. The van der Waals surface area contributed by atoms with Gasteiger partial charge in [-0.05, 0) is 24.3 Å². The van der Waals surface area contributed by atoms with Crippen molar-refractivity contribution in [3.05, 3.63) is 30.1 Å². The van der Waals surface area contributed by atoms with Crippen molar-refractivity contribution < 1.29 is 18.8 Å². The van der Waals surface area contributed by atoms with Crippen LogP contribution in [0.1, 0.15) is 0 Å². The molecule has 1 fully saturated rings. The summed E-state index contributed by atoms with van der Waals surface area (Å²) in [4.78, 5) is 34.7. The summed E-state index contributed by atoms with van der Waals surface area (Å²) in [5.41, 5.74) is 0.423. The average molecular weight is 251 g/mol. The number of amides is 4. The van der Waals surface area contributed by atoms with Gasteiger partial charge < -0.3 is 10.2 Å². The lowest BCUT2D eigenvalue weighted by molar-refractivity contribution is -0.119. The molecule has 4 amide bonds. The lowest BCUT2D eigenvalue weighted by Crippen LogP contribution is -2.35. The number of rotatable bonds is 3. The zero-order chi connectivity index (χ0) is 13.1. The summed E-state index contributed by atoms with van der Waals surface area (Å²) in [5.74, 6) is -1.29. The summed E-state index contributed by atoms with van der Waals surface area (Å²) < 4.78 is 12.6. The Kier molecular flexibility index (Phi) is 3.22. The second kappa shape index (κ2) is 4.82. The largest absolute Gasteiger partial charge is 0.325 e. The predicted octanol–water partition coefficient (Wildman–Crippen LogP) is 0.316. The van der Waals surface area contributed by atoms with Crippen LogP contribution in [-0.2, 0) is 9.59 Å². The number of hydrogen-bond acceptors (Lipinski definition) is 3. The highest BCUT2D eigenvalue weighted by molar-refractivity contribution is 6.04. The van der Waals surface area contributed by atoms with Gasteiger partial charge in [0.1, 0.15) is 18.9 Å². The van der Waals surface area contributed by atoms with Gasteiger partial charge in [-0.25, -0.2) is 9.18 Å². The summed E-state index contributed by atoms with van der Waals surface area (Å²) in [7, 11) is 0. The Hall–Kier alpha value is -2.44. The van der Waals surface area contributed by atoms with Crippen LogP contribution in [0, 0.1) is 5.82 Å². The Balaban J connectivity index is 1.91. The Morgan fingerprint density at radius 2 is 2.00 bits per heavy atom. The smallest absolute Gasteiger partial charge is 0.325 e. The number of anilines is 1. The van der Waals surface area contributed by atoms with Crippen LogP contribution >= 0.6 is 0 Å². The molecule has 1 aromatic rings. The van der Waals surface area contributed by atoms with Gasteiger partial charge in [0.05, 0.1) is 0 Å². The fourth-order valence-corrected chi connectivity index (χ4v) is 1.52. The van der Waals surface area contributed by atoms with Crippen molar-refractivity contribution in [1.82, 2.24) is 10.2 Å². The molecule has 0 atom stereocenters. The summed E-state index contributed by atoms with van der Waals surface area (Å²) in [6, 6.07) is 4.64. The van der Waals surface area contributed by atoms with Crippen LogP contribution in [0.3, 0.4) is 0 Å². The van der Waals surface area contributed by atoms with Crippen LogP contribution in [0.5, 0.6) is 0 Å². The highest BCUT2D eigenvalue weighted by Gasteiger charge is 2.28. The average Bonchev–Trinajstić information content (AvgIpc) is 2.61. The lowest BCUT2D eigenvalue weighted by atomic mass is 10.3. The molecule has 2 N–H and O–H groups in total. The molecule has 1 aromatic carbocycles. The summed E-state index contributed by atoms with van der Waals surface area (Å²) >= 11 is 0. The van der Waals surface area contributed by atoms with E-state index in [9.17, 15) is 18.8 Å². The minimum atomic E-state index is -0.589. The molecule has 1 aliphatic rings. The number of carbonyl (C=O) groups is 3. The van der Waals surface area contributed by atoms with Crippen molar-refractivity contribution in [2.75, 3.05) is 18.4 Å². The second-order valence-corrected chi connectivity index (χ2v) is 3.76. The number of hydrogen-bond donors (Lipinski definition) is 2. The van der Waals surface area contributed by atoms with Gasteiger partial charge >= 0.3 is 6.03 Å². The third-order valence-electron chi connectivity index (χ3n) is 2.33. The number of carbonyl (C=O) groups excluding carboxylic acids is 3. The van der Waals surface area contributed by atoms with Crippen molar-refractivity contribution in [3.63, 3.8) is 0 Å². The van der Waals surface area contributed by atoms with E-state index in [4.69, 9.17) is 0 Å². The van der Waals surface area contributed by atoms with Crippen molar-refractivity contribution in [1.29, 1.82) is 0 Å². The molecule has 0 aliphatic carbocycles. The van der Waals surface area contributed by atoms with E-state index in [0.29, 0.717) is 5.69 Å². The van der Waals surface area contributed by atoms with Crippen LogP contribution in [0.4, 0.5) is 14.9 Å². The van der Waals surface area contributed by atoms with E-state index >= 15 is 0 Å². The van der Waals surface area contributed by atoms with Crippen LogP contribution in [0.25, 0.3) is 0 Å². The molecule has 0 radical (unpaired) electrons. The number of imide groups is 1. The zero-order valence-corrected chi connectivity index (χ0v) is 9.27. The number of urea groups is 1. The monoisotopic (exact) mass is 251 g/mol. The molecule has 1 aliphatic heterocycles. The third-order valence-corrected chi connectivity index (χ3v) is 2.33. The van der Waals surface area contributed by atoms with Gasteiger partial charge in [0.15, 0.2) is 0 Å². The van der Waals surface area contributed by atoms with E-state index in [1.165, 1.54) is 24.3 Å². The van der Waals surface area contributed by atoms with Crippen molar-refractivity contribution >= 4 is 23.5 Å². The minimum Gasteiger partial charge on any atom is -0.325 e. The van der Waals surface area contributed by atoms with Gasteiger partial charge in [0, 0.05) is 5.69 Å². The van der Waals surface area contributed by atoms with Crippen molar-refractivity contribution in [3.8, 4) is 0 Å². The summed E-state index contributed by atoms with van der Waals surface area (Å²) in [6.45, 7) is -0.357. The van der Waals surface area contributed by atoms with Gasteiger partial charge in [-0.15, -0.1) is 0 Å². The Labute approximate surface area is 102 Å². The molecule has 7 heteroatoms. The summed E-state index contributed by atoms with van der Waals surface area (Å²) in [5, 5.41) is 4.55. The highest BCUT2D eigenvalue weighted by Crippen LogP contribution is 2.08. The Morgan fingerprint density at radius 1 is 1.33 bits per heavy atom. The number of nitrogens with one attached hydrogen (secondary N) is 2. The Bertz CT molecular complexity index is 501. The zero-order valence-electron chi connectivity index (χ0n) is 9.27. The van der Waals surface area contributed by atoms with Gasteiger partial charge in [-0.2, -0.15) is 0 Å². The first-order chi connectivity index (χ1) is 8.54. The molecule has 0 aromatic heterocycles. The molecule has 1 heterocycles. The first-order valence-corrected chi connectivity index (χ1v) is 5.19. The standard InChI is InChI=1S/C11H10FN3O3/c12-7-1-3-8(4-2-7)13-9(16)5-15-6-10(17)14-11(15)18/h1-4H,5-6H2,(H,13,16)(H,14,17,18). The quantitative estimate of drug-likeness (QED) is 0.759. The SMILES string of the molecule is O=C1CN(CC(=O)Nc2ccc(F)cc2)C(=O)N1. The lowest BCUT2D eigenvalue weighted by Gasteiger charge is -2.12. The number of benzene rings is 1. The maximum absolute atomic E-state index is 12.6. The van der Waals surface area contributed by atoms with Crippen LogP contribution in [-0.4, -0.2) is 35.8 Å². The predicted molar refractivity (Wildman–Crippen MR) is 60.1 cm³/mol. The molecule has 0 bridgehead atoms. The Morgan fingerprint density at radius 3 is 2.56 bits per heavy atom. The topological polar surface area (TPSA) is 78.5 Å². The van der Waals surface area contributed by atoms with Gasteiger partial charge in [-0.3, -0.25) is 14.9 Å². The first-order valence-electron chi connectivity index (χ1n) is 5.19. The first kappa shape index (κ1) is 12.0. The molecule has 0 saturated carbocycles. The number of nitrogens with zero attached hydrogens (tertiary/aromatic N) is 1. The fourth-order valence-electron chi connectivity index (χ4n) is 1.52. The highest BCUT2D eigenvalue weighted by atomic mass is 19.1. The third kappa shape index (κ3) is 2.82. The molecular formula is C11H10FN3O3. The van der Waals surface area contributed by atoms with Crippen molar-refractivity contribution in [2.45, 2.75) is 0 Å². The van der Waals surface area contributed by atoms with Crippen LogP contribution in [0.2, 0.25) is 0 Å². The molecule has 2 rings (SSSR count). The van der Waals surface area contributed by atoms with Gasteiger partial charge in [-0.1, -0.05) is 0 Å². The van der Waals surface area contributed by atoms with E-state index in [0.717, 1.165) is 4.90 Å². The van der Waals surface area contributed by atoms with E-state index in [-0.39, 0.29) is 13.1 Å². The van der Waals surface area contributed by atoms with Gasteiger partial charge in [0.25, 0.3) is 0 Å². The normalized spacial score (nSPS) is 14.6. The number of halogens is 1. The van der Waals surface area contributed by atoms with Crippen LogP contribution < -0.4 is 10.6 Å². The molecule has 0 spiro atoms. The van der Waals surface area contributed by atoms with Crippen molar-refractivity contribution in [2.24, 2.45) is 0 Å². The van der Waals surface area contributed by atoms with E-state index in [1.807, 2.05) is 0 Å². The van der Waals surface area contributed by atoms with Crippen LogP contribution in [0.15, 0.2) is 24.3 Å².